The number of hydrogen-bond acceptors (Lipinski definition) is 6. The zero-order valence-corrected chi connectivity index (χ0v) is 17.1. The van der Waals surface area contributed by atoms with Crippen LogP contribution in [-0.2, 0) is 14.9 Å². The van der Waals surface area contributed by atoms with Gasteiger partial charge in [-0.1, -0.05) is 41.7 Å². The van der Waals surface area contributed by atoms with E-state index in [2.05, 4.69) is 22.0 Å². The molecule has 3 aromatic rings. The minimum absolute atomic E-state index is 0.248. The first-order valence-corrected chi connectivity index (χ1v) is 11.0. The summed E-state index contributed by atoms with van der Waals surface area (Å²) < 4.78 is 5.60. The van der Waals surface area contributed by atoms with Crippen molar-refractivity contribution in [3.8, 4) is 0 Å². The lowest BCUT2D eigenvalue weighted by molar-refractivity contribution is -0.141. The van der Waals surface area contributed by atoms with E-state index in [9.17, 15) is 4.79 Å². The Morgan fingerprint density at radius 2 is 1.76 bits per heavy atom. The van der Waals surface area contributed by atoms with Crippen LogP contribution in [0.25, 0.3) is 10.3 Å². The van der Waals surface area contributed by atoms with Gasteiger partial charge in [0.15, 0.2) is 5.13 Å². The largest absolute Gasteiger partial charge is 0.381 e. The second kappa shape index (κ2) is 7.72. The van der Waals surface area contributed by atoms with E-state index in [-0.39, 0.29) is 5.91 Å². The summed E-state index contributed by atoms with van der Waals surface area (Å²) in [5, 5.41) is 0.995. The molecule has 5 rings (SSSR count). The van der Waals surface area contributed by atoms with Gasteiger partial charge in [-0.15, -0.1) is 0 Å². The number of nitrogens with zero attached hydrogens (tertiary/aromatic N) is 4. The molecule has 4 heterocycles. The molecule has 0 unspecified atom stereocenters. The molecule has 1 aromatic carbocycles. The topological polar surface area (TPSA) is 58.6 Å². The van der Waals surface area contributed by atoms with E-state index >= 15 is 0 Å². The Morgan fingerprint density at radius 1 is 1.00 bits per heavy atom. The minimum Gasteiger partial charge on any atom is -0.381 e. The maximum atomic E-state index is 13.7. The summed E-state index contributed by atoms with van der Waals surface area (Å²) in [7, 11) is 0. The van der Waals surface area contributed by atoms with Gasteiger partial charge in [0.05, 0.1) is 5.41 Å². The molecule has 6 nitrogen and oxygen atoms in total. The van der Waals surface area contributed by atoms with Crippen molar-refractivity contribution in [1.29, 1.82) is 0 Å². The van der Waals surface area contributed by atoms with Gasteiger partial charge in [-0.05, 0) is 30.5 Å². The summed E-state index contributed by atoms with van der Waals surface area (Å²) in [5.41, 5.74) is 1.60. The molecule has 0 spiro atoms. The lowest BCUT2D eigenvalue weighted by Crippen LogP contribution is -2.56. The molecule has 2 aliphatic rings. The van der Waals surface area contributed by atoms with Crippen molar-refractivity contribution < 1.29 is 9.53 Å². The first-order valence-electron chi connectivity index (χ1n) is 10.2. The predicted octanol–water partition coefficient (Wildman–Crippen LogP) is 3.09. The first kappa shape index (κ1) is 18.5. The van der Waals surface area contributed by atoms with Crippen LogP contribution in [0.5, 0.6) is 0 Å². The fourth-order valence-electron chi connectivity index (χ4n) is 4.40. The third-order valence-corrected chi connectivity index (χ3v) is 7.11. The normalized spacial score (nSPS) is 19.4. The van der Waals surface area contributed by atoms with E-state index in [1.165, 1.54) is 0 Å². The number of thiazole rings is 1. The molecule has 1 amide bonds. The number of amides is 1. The highest BCUT2D eigenvalue weighted by atomic mass is 32.1. The molecule has 0 aliphatic carbocycles. The number of piperazine rings is 1. The van der Waals surface area contributed by atoms with E-state index in [4.69, 9.17) is 9.72 Å². The fraction of sp³-hybridized carbons (Fsp3) is 0.409. The third kappa shape index (κ3) is 3.38. The second-order valence-electron chi connectivity index (χ2n) is 7.66. The summed E-state index contributed by atoms with van der Waals surface area (Å²) in [5.74, 6) is 0.248. The van der Waals surface area contributed by atoms with Crippen LogP contribution in [0.4, 0.5) is 5.13 Å². The van der Waals surface area contributed by atoms with Crippen LogP contribution in [0.15, 0.2) is 48.7 Å². The molecule has 0 saturated carbocycles. The van der Waals surface area contributed by atoms with E-state index in [1.54, 1.807) is 17.5 Å². The molecular formula is C22H24N4O2S. The van der Waals surface area contributed by atoms with E-state index in [1.807, 2.05) is 35.2 Å². The van der Waals surface area contributed by atoms with Crippen molar-refractivity contribution in [3.05, 3.63) is 54.2 Å². The highest BCUT2D eigenvalue weighted by Gasteiger charge is 2.44. The molecule has 0 atom stereocenters. The highest BCUT2D eigenvalue weighted by molar-refractivity contribution is 7.21. The number of carbonyl (C=O) groups is 1. The molecule has 2 aromatic heterocycles. The smallest absolute Gasteiger partial charge is 0.233 e. The number of ether oxygens (including phenoxy) is 1. The van der Waals surface area contributed by atoms with Gasteiger partial charge < -0.3 is 14.5 Å². The molecule has 0 N–H and O–H groups in total. The Bertz CT molecular complexity index is 959. The number of pyridine rings is 1. The van der Waals surface area contributed by atoms with Crippen molar-refractivity contribution in [2.45, 2.75) is 18.3 Å². The number of benzene rings is 1. The summed E-state index contributed by atoms with van der Waals surface area (Å²) in [6.07, 6.45) is 3.30. The van der Waals surface area contributed by atoms with Crippen LogP contribution in [0.2, 0.25) is 0 Å². The Hall–Kier alpha value is -2.51. The third-order valence-electron chi connectivity index (χ3n) is 6.07. The maximum Gasteiger partial charge on any atom is 0.233 e. The van der Waals surface area contributed by atoms with Gasteiger partial charge in [0, 0.05) is 45.6 Å². The Labute approximate surface area is 174 Å². The van der Waals surface area contributed by atoms with Crippen LogP contribution in [0, 0.1) is 0 Å². The van der Waals surface area contributed by atoms with Crippen molar-refractivity contribution >= 4 is 32.7 Å². The quantitative estimate of drug-likeness (QED) is 0.667. The Balaban J connectivity index is 1.33. The van der Waals surface area contributed by atoms with Gasteiger partial charge in [0.25, 0.3) is 0 Å². The zero-order valence-electron chi connectivity index (χ0n) is 16.3. The van der Waals surface area contributed by atoms with Crippen LogP contribution < -0.4 is 4.90 Å². The first-order chi connectivity index (χ1) is 14.3. The van der Waals surface area contributed by atoms with Crippen LogP contribution in [0.3, 0.4) is 0 Å². The molecule has 29 heavy (non-hydrogen) atoms. The van der Waals surface area contributed by atoms with Gasteiger partial charge in [-0.3, -0.25) is 4.79 Å². The van der Waals surface area contributed by atoms with Gasteiger partial charge >= 0.3 is 0 Å². The lowest BCUT2D eigenvalue weighted by atomic mass is 9.73. The molecule has 7 heteroatoms. The number of carbonyl (C=O) groups excluding carboxylic acids is 1. The summed E-state index contributed by atoms with van der Waals surface area (Å²) in [6, 6.07) is 14.2. The Morgan fingerprint density at radius 3 is 2.48 bits per heavy atom. The predicted molar refractivity (Wildman–Crippen MR) is 114 cm³/mol. The lowest BCUT2D eigenvalue weighted by Gasteiger charge is -2.43. The van der Waals surface area contributed by atoms with E-state index < -0.39 is 5.41 Å². The van der Waals surface area contributed by atoms with Crippen molar-refractivity contribution in [2.75, 3.05) is 44.3 Å². The number of aromatic nitrogens is 2. The number of fused-ring (bicyclic) bond motifs is 1. The monoisotopic (exact) mass is 408 g/mol. The SMILES string of the molecule is O=C(N1CCN(c2nc3cccnc3s2)CC1)C1(c2ccccc2)CCOCC1. The standard InChI is InChI=1S/C22H24N4O2S/c27-20(22(8-15-28-16-9-22)17-5-2-1-3-6-17)25-11-13-26(14-12-25)21-24-18-7-4-10-23-19(18)29-21/h1-7,10H,8-9,11-16H2. The maximum absolute atomic E-state index is 13.7. The molecule has 0 radical (unpaired) electrons. The Kier molecular flexibility index (Phi) is 4.93. The highest BCUT2D eigenvalue weighted by Crippen LogP contribution is 2.37. The van der Waals surface area contributed by atoms with Gasteiger partial charge in [-0.25, -0.2) is 9.97 Å². The second-order valence-corrected chi connectivity index (χ2v) is 8.62. The molecule has 2 fully saturated rings. The summed E-state index contributed by atoms with van der Waals surface area (Å²) >= 11 is 1.62. The van der Waals surface area contributed by atoms with Crippen LogP contribution >= 0.6 is 11.3 Å². The number of rotatable bonds is 3. The number of anilines is 1. The molecule has 2 aliphatic heterocycles. The van der Waals surface area contributed by atoms with E-state index in [0.717, 1.165) is 60.1 Å². The molecule has 0 bridgehead atoms. The van der Waals surface area contributed by atoms with Gasteiger partial charge in [-0.2, -0.15) is 0 Å². The molecule has 2 saturated heterocycles. The summed E-state index contributed by atoms with van der Waals surface area (Å²) in [4.78, 5) is 28.1. The van der Waals surface area contributed by atoms with Crippen LogP contribution in [-0.4, -0.2) is 60.2 Å². The fourth-order valence-corrected chi connectivity index (χ4v) is 5.36. The zero-order chi connectivity index (χ0) is 19.7. The van der Waals surface area contributed by atoms with Crippen molar-refractivity contribution in [1.82, 2.24) is 14.9 Å². The molecule has 150 valence electrons. The van der Waals surface area contributed by atoms with Gasteiger partial charge in [0.1, 0.15) is 10.3 Å². The van der Waals surface area contributed by atoms with Crippen molar-refractivity contribution in [3.63, 3.8) is 0 Å². The van der Waals surface area contributed by atoms with Gasteiger partial charge in [0.2, 0.25) is 5.91 Å². The summed E-state index contributed by atoms with van der Waals surface area (Å²) in [6.45, 7) is 4.31. The van der Waals surface area contributed by atoms with Crippen molar-refractivity contribution in [2.24, 2.45) is 0 Å². The van der Waals surface area contributed by atoms with E-state index in [0.29, 0.717) is 13.2 Å². The number of hydrogen-bond donors (Lipinski definition) is 0. The molecular weight excluding hydrogens is 384 g/mol. The average molecular weight is 409 g/mol. The van der Waals surface area contributed by atoms with Crippen LogP contribution in [0.1, 0.15) is 18.4 Å². The minimum atomic E-state index is -0.457. The average Bonchev–Trinajstić information content (AvgIpc) is 3.24.